The van der Waals surface area contributed by atoms with Gasteiger partial charge in [0.25, 0.3) is 5.91 Å². The number of unbranched alkanes of at least 4 members (excludes halogenated alkanes) is 1. The lowest BCUT2D eigenvalue weighted by molar-refractivity contribution is -0.113. The Hall–Kier alpha value is -4.21. The van der Waals surface area contributed by atoms with Gasteiger partial charge in [0.15, 0.2) is 0 Å². The van der Waals surface area contributed by atoms with E-state index in [1.54, 1.807) is 66.7 Å². The minimum atomic E-state index is -0.509. The number of likely N-dealkylation sites (N-methyl/N-ethyl adjacent to an activating group) is 1. The molecule has 0 atom stereocenters. The molecule has 2 heterocycles. The van der Waals surface area contributed by atoms with Crippen LogP contribution in [0.4, 0.5) is 14.9 Å². The van der Waals surface area contributed by atoms with Gasteiger partial charge in [0.05, 0.1) is 12.3 Å². The van der Waals surface area contributed by atoms with E-state index in [0.29, 0.717) is 35.1 Å². The normalized spacial score (nSPS) is 17.4. The summed E-state index contributed by atoms with van der Waals surface area (Å²) in [5.74, 6) is 1.01. The SMILES string of the molecule is CN1CCN(CCCCOc2ccc(N3C(=O)NC(=Cc4ccc(Oc5ccc(F)cc5)cc4)C3=O)cc2)CC1. The van der Waals surface area contributed by atoms with Gasteiger partial charge in [-0.1, -0.05) is 12.1 Å². The van der Waals surface area contributed by atoms with Crippen molar-refractivity contribution in [3.05, 3.63) is 89.9 Å². The Morgan fingerprint density at radius 3 is 2.12 bits per heavy atom. The quantitative estimate of drug-likeness (QED) is 0.217. The lowest BCUT2D eigenvalue weighted by Crippen LogP contribution is -2.44. The Kier molecular flexibility index (Phi) is 8.73. The highest BCUT2D eigenvalue weighted by atomic mass is 19.1. The monoisotopic (exact) mass is 544 g/mol. The summed E-state index contributed by atoms with van der Waals surface area (Å²) < 4.78 is 24.6. The second kappa shape index (κ2) is 12.8. The molecule has 208 valence electrons. The highest BCUT2D eigenvalue weighted by molar-refractivity contribution is 6.28. The summed E-state index contributed by atoms with van der Waals surface area (Å²) in [6.45, 7) is 6.21. The number of nitrogens with zero attached hydrogens (tertiary/aromatic N) is 3. The van der Waals surface area contributed by atoms with Crippen molar-refractivity contribution in [3.8, 4) is 17.2 Å². The smallest absolute Gasteiger partial charge is 0.333 e. The van der Waals surface area contributed by atoms with Crippen LogP contribution < -0.4 is 19.7 Å². The lowest BCUT2D eigenvalue weighted by atomic mass is 10.2. The number of amides is 3. The van der Waals surface area contributed by atoms with E-state index in [1.807, 2.05) is 0 Å². The molecule has 0 radical (unpaired) electrons. The number of carbonyl (C=O) groups excluding carboxylic acids is 2. The number of benzene rings is 3. The van der Waals surface area contributed by atoms with E-state index in [9.17, 15) is 14.0 Å². The Balaban J connectivity index is 1.11. The molecule has 1 N–H and O–H groups in total. The fourth-order valence-corrected chi connectivity index (χ4v) is 4.60. The summed E-state index contributed by atoms with van der Waals surface area (Å²) in [6.07, 6.45) is 3.67. The third-order valence-corrected chi connectivity index (χ3v) is 6.95. The summed E-state index contributed by atoms with van der Waals surface area (Å²) in [4.78, 5) is 31.6. The van der Waals surface area contributed by atoms with Gasteiger partial charge in [-0.2, -0.15) is 0 Å². The van der Waals surface area contributed by atoms with Gasteiger partial charge in [-0.15, -0.1) is 0 Å². The maximum Gasteiger partial charge on any atom is 0.333 e. The number of piperazine rings is 1. The molecule has 5 rings (SSSR count). The minimum Gasteiger partial charge on any atom is -0.494 e. The van der Waals surface area contributed by atoms with Crippen molar-refractivity contribution in [2.45, 2.75) is 12.8 Å². The molecular weight excluding hydrogens is 511 g/mol. The number of ether oxygens (including phenoxy) is 2. The van der Waals surface area contributed by atoms with Crippen molar-refractivity contribution in [3.63, 3.8) is 0 Å². The number of nitrogens with one attached hydrogen (secondary N) is 1. The molecule has 0 aliphatic carbocycles. The van der Waals surface area contributed by atoms with E-state index in [0.717, 1.165) is 50.5 Å². The molecule has 0 bridgehead atoms. The molecule has 0 saturated carbocycles. The van der Waals surface area contributed by atoms with Gasteiger partial charge in [-0.05, 0) is 98.7 Å². The van der Waals surface area contributed by atoms with E-state index in [4.69, 9.17) is 9.47 Å². The van der Waals surface area contributed by atoms with Crippen molar-refractivity contribution in [2.24, 2.45) is 0 Å². The van der Waals surface area contributed by atoms with Crippen LogP contribution in [0.3, 0.4) is 0 Å². The van der Waals surface area contributed by atoms with Gasteiger partial charge in [0.1, 0.15) is 28.8 Å². The first kappa shape index (κ1) is 27.4. The largest absolute Gasteiger partial charge is 0.494 e. The molecular formula is C31H33FN4O4. The zero-order valence-corrected chi connectivity index (χ0v) is 22.5. The third kappa shape index (κ3) is 7.05. The fraction of sp³-hybridized carbons (Fsp3) is 0.290. The van der Waals surface area contributed by atoms with Gasteiger partial charge in [0.2, 0.25) is 0 Å². The third-order valence-electron chi connectivity index (χ3n) is 6.95. The lowest BCUT2D eigenvalue weighted by Gasteiger charge is -2.32. The summed E-state index contributed by atoms with van der Waals surface area (Å²) in [6, 6.07) is 19.2. The predicted octanol–water partition coefficient (Wildman–Crippen LogP) is 5.12. The fourth-order valence-electron chi connectivity index (χ4n) is 4.60. The number of urea groups is 1. The topological polar surface area (TPSA) is 74.3 Å². The molecule has 2 aliphatic heterocycles. The number of rotatable bonds is 10. The molecule has 2 fully saturated rings. The highest BCUT2D eigenvalue weighted by Crippen LogP contribution is 2.26. The summed E-state index contributed by atoms with van der Waals surface area (Å²) in [7, 11) is 2.16. The van der Waals surface area contributed by atoms with Crippen LogP contribution >= 0.6 is 0 Å². The second-order valence-electron chi connectivity index (χ2n) is 9.95. The first-order valence-electron chi connectivity index (χ1n) is 13.5. The van der Waals surface area contributed by atoms with E-state index in [2.05, 4.69) is 22.2 Å². The molecule has 2 aliphatic rings. The number of imide groups is 1. The summed E-state index contributed by atoms with van der Waals surface area (Å²) in [5, 5.41) is 2.65. The predicted molar refractivity (Wildman–Crippen MR) is 152 cm³/mol. The van der Waals surface area contributed by atoms with Crippen LogP contribution in [0.5, 0.6) is 17.2 Å². The second-order valence-corrected chi connectivity index (χ2v) is 9.95. The van der Waals surface area contributed by atoms with Crippen LogP contribution in [-0.2, 0) is 4.79 Å². The molecule has 40 heavy (non-hydrogen) atoms. The van der Waals surface area contributed by atoms with Crippen LogP contribution in [0, 0.1) is 5.82 Å². The van der Waals surface area contributed by atoms with Crippen LogP contribution in [0.15, 0.2) is 78.5 Å². The molecule has 3 aromatic carbocycles. The average molecular weight is 545 g/mol. The minimum absolute atomic E-state index is 0.179. The highest BCUT2D eigenvalue weighted by Gasteiger charge is 2.34. The number of anilines is 1. The summed E-state index contributed by atoms with van der Waals surface area (Å²) >= 11 is 0. The van der Waals surface area contributed by atoms with Crippen LogP contribution in [0.1, 0.15) is 18.4 Å². The molecule has 9 heteroatoms. The van der Waals surface area contributed by atoms with Crippen molar-refractivity contribution < 1.29 is 23.5 Å². The van der Waals surface area contributed by atoms with E-state index in [1.165, 1.54) is 12.1 Å². The molecule has 3 amide bonds. The Morgan fingerprint density at radius 2 is 1.45 bits per heavy atom. The number of hydrogen-bond acceptors (Lipinski definition) is 6. The number of hydrogen-bond donors (Lipinski definition) is 1. The Bertz CT molecular complexity index is 1340. The first-order chi connectivity index (χ1) is 19.4. The van der Waals surface area contributed by atoms with Crippen molar-refractivity contribution in [1.29, 1.82) is 0 Å². The average Bonchev–Trinajstić information content (AvgIpc) is 3.24. The van der Waals surface area contributed by atoms with Crippen molar-refractivity contribution in [2.75, 3.05) is 51.3 Å². The Labute approximate surface area is 233 Å². The van der Waals surface area contributed by atoms with Crippen LogP contribution in [0.25, 0.3) is 6.08 Å². The molecule has 0 unspecified atom stereocenters. The molecule has 8 nitrogen and oxygen atoms in total. The molecule has 2 saturated heterocycles. The van der Waals surface area contributed by atoms with E-state index >= 15 is 0 Å². The maximum atomic E-state index is 13.1. The summed E-state index contributed by atoms with van der Waals surface area (Å²) in [5.41, 5.74) is 1.36. The van der Waals surface area contributed by atoms with Gasteiger partial charge in [0, 0.05) is 26.2 Å². The zero-order valence-electron chi connectivity index (χ0n) is 22.5. The zero-order chi connectivity index (χ0) is 27.9. The van der Waals surface area contributed by atoms with Crippen molar-refractivity contribution in [1.82, 2.24) is 15.1 Å². The van der Waals surface area contributed by atoms with E-state index in [-0.39, 0.29) is 11.5 Å². The van der Waals surface area contributed by atoms with Crippen LogP contribution in [-0.4, -0.2) is 68.1 Å². The van der Waals surface area contributed by atoms with Crippen molar-refractivity contribution >= 4 is 23.7 Å². The van der Waals surface area contributed by atoms with Crippen LogP contribution in [0.2, 0.25) is 0 Å². The molecule has 0 aromatic heterocycles. The standard InChI is InChI=1S/C31H33FN4O4/c1-34-17-19-35(20-18-34)16-2-3-21-39-26-14-8-25(9-15-26)36-30(37)29(33-31(36)38)22-23-4-10-27(11-5-23)40-28-12-6-24(32)7-13-28/h4-15,22H,2-3,16-21H2,1H3,(H,33,38). The molecule has 3 aromatic rings. The molecule has 0 spiro atoms. The number of carbonyl (C=O) groups is 2. The van der Waals surface area contributed by atoms with Gasteiger partial charge < -0.3 is 24.6 Å². The van der Waals surface area contributed by atoms with Gasteiger partial charge in [-0.25, -0.2) is 14.1 Å². The first-order valence-corrected chi connectivity index (χ1v) is 13.5. The Morgan fingerprint density at radius 1 is 0.825 bits per heavy atom. The van der Waals surface area contributed by atoms with Gasteiger partial charge >= 0.3 is 6.03 Å². The van der Waals surface area contributed by atoms with E-state index < -0.39 is 11.9 Å². The van der Waals surface area contributed by atoms with Gasteiger partial charge in [-0.3, -0.25) is 4.79 Å². The maximum absolute atomic E-state index is 13.1. The number of halogens is 1.